The largest absolute Gasteiger partial charge is 0.444 e. The fourth-order valence-corrected chi connectivity index (χ4v) is 2.81. The van der Waals surface area contributed by atoms with Crippen LogP contribution in [0.1, 0.15) is 40.5 Å². The monoisotopic (exact) mass is 254 g/mol. The van der Waals surface area contributed by atoms with Gasteiger partial charge in [0.15, 0.2) is 0 Å². The number of ether oxygens (including phenoxy) is 1. The Kier molecular flexibility index (Phi) is 3.03. The van der Waals surface area contributed by atoms with Crippen LogP contribution in [0.25, 0.3) is 0 Å². The van der Waals surface area contributed by atoms with Crippen molar-refractivity contribution < 1.29 is 14.3 Å². The third-order valence-electron chi connectivity index (χ3n) is 3.58. The van der Waals surface area contributed by atoms with E-state index in [0.717, 1.165) is 25.9 Å². The van der Waals surface area contributed by atoms with E-state index in [9.17, 15) is 9.59 Å². The van der Waals surface area contributed by atoms with Gasteiger partial charge in [0, 0.05) is 31.5 Å². The van der Waals surface area contributed by atoms with Crippen LogP contribution in [0.3, 0.4) is 0 Å². The van der Waals surface area contributed by atoms with Gasteiger partial charge in [-0.3, -0.25) is 4.79 Å². The van der Waals surface area contributed by atoms with Gasteiger partial charge >= 0.3 is 6.09 Å². The number of hydrogen-bond donors (Lipinski definition) is 1. The number of nitrogens with zero attached hydrogens (tertiary/aromatic N) is 1. The predicted octanol–water partition coefficient (Wildman–Crippen LogP) is 1.52. The van der Waals surface area contributed by atoms with E-state index in [1.165, 1.54) is 0 Å². The molecule has 1 heterocycles. The molecule has 1 aliphatic carbocycles. The molecule has 0 atom stereocenters. The third-order valence-corrected chi connectivity index (χ3v) is 3.58. The van der Waals surface area contributed by atoms with E-state index in [2.05, 4.69) is 5.32 Å². The molecule has 0 aromatic heterocycles. The molecule has 2 amide bonds. The minimum Gasteiger partial charge on any atom is -0.444 e. The average Bonchev–Trinajstić information content (AvgIpc) is 2.02. The summed E-state index contributed by atoms with van der Waals surface area (Å²) in [5.74, 6) is 0.143. The lowest BCUT2D eigenvalue weighted by atomic mass is 9.60. The summed E-state index contributed by atoms with van der Waals surface area (Å²) in [6, 6.07) is 0.203. The second kappa shape index (κ2) is 4.14. The smallest absolute Gasteiger partial charge is 0.407 e. The van der Waals surface area contributed by atoms with Crippen molar-refractivity contribution in [2.45, 2.75) is 52.2 Å². The predicted molar refractivity (Wildman–Crippen MR) is 67.1 cm³/mol. The second-order valence-corrected chi connectivity index (χ2v) is 6.63. The normalized spacial score (nSPS) is 22.1. The molecule has 0 bridgehead atoms. The molecule has 0 unspecified atom stereocenters. The maximum absolute atomic E-state index is 11.6. The molecule has 102 valence electrons. The molecule has 5 nitrogen and oxygen atoms in total. The van der Waals surface area contributed by atoms with Crippen LogP contribution in [0.15, 0.2) is 0 Å². The van der Waals surface area contributed by atoms with E-state index in [1.54, 1.807) is 6.92 Å². The van der Waals surface area contributed by atoms with Crippen LogP contribution in [0.4, 0.5) is 4.79 Å². The van der Waals surface area contributed by atoms with E-state index >= 15 is 0 Å². The van der Waals surface area contributed by atoms with Gasteiger partial charge in [-0.15, -0.1) is 0 Å². The molecule has 0 aromatic carbocycles. The zero-order valence-electron chi connectivity index (χ0n) is 11.6. The molecule has 2 fully saturated rings. The highest BCUT2D eigenvalue weighted by atomic mass is 16.6. The molecule has 0 radical (unpaired) electrons. The van der Waals surface area contributed by atoms with Crippen molar-refractivity contribution in [2.24, 2.45) is 5.41 Å². The molecule has 5 heteroatoms. The minimum atomic E-state index is -0.451. The number of likely N-dealkylation sites (tertiary alicyclic amines) is 1. The first kappa shape index (κ1) is 13.2. The fraction of sp³-hybridized carbons (Fsp3) is 0.846. The van der Waals surface area contributed by atoms with E-state index in [0.29, 0.717) is 0 Å². The number of alkyl carbamates (subject to hydrolysis) is 1. The molecule has 2 rings (SSSR count). The maximum atomic E-state index is 11.6. The van der Waals surface area contributed by atoms with Crippen LogP contribution >= 0.6 is 0 Å². The zero-order valence-corrected chi connectivity index (χ0v) is 11.6. The third kappa shape index (κ3) is 2.76. The molecule has 1 spiro atoms. The highest BCUT2D eigenvalue weighted by Crippen LogP contribution is 2.48. The van der Waals surface area contributed by atoms with Crippen molar-refractivity contribution >= 4 is 12.0 Å². The van der Waals surface area contributed by atoms with E-state index in [4.69, 9.17) is 4.74 Å². The second-order valence-electron chi connectivity index (χ2n) is 6.63. The van der Waals surface area contributed by atoms with Crippen LogP contribution in [0, 0.1) is 5.41 Å². The first-order valence-electron chi connectivity index (χ1n) is 6.44. The van der Waals surface area contributed by atoms with Crippen molar-refractivity contribution in [3.63, 3.8) is 0 Å². The highest BCUT2D eigenvalue weighted by molar-refractivity contribution is 5.74. The van der Waals surface area contributed by atoms with Crippen LogP contribution in [0.5, 0.6) is 0 Å². The summed E-state index contributed by atoms with van der Waals surface area (Å²) < 4.78 is 5.21. The summed E-state index contributed by atoms with van der Waals surface area (Å²) in [7, 11) is 0. The first-order valence-corrected chi connectivity index (χ1v) is 6.44. The quantitative estimate of drug-likeness (QED) is 0.772. The van der Waals surface area contributed by atoms with Crippen molar-refractivity contribution in [1.82, 2.24) is 10.2 Å². The van der Waals surface area contributed by atoms with Gasteiger partial charge in [-0.1, -0.05) is 0 Å². The molecule has 2 aliphatic rings. The minimum absolute atomic E-state index is 0.143. The van der Waals surface area contributed by atoms with E-state index in [-0.39, 0.29) is 23.5 Å². The van der Waals surface area contributed by atoms with Gasteiger partial charge in [-0.2, -0.15) is 0 Å². The van der Waals surface area contributed by atoms with Crippen molar-refractivity contribution in [3.8, 4) is 0 Å². The van der Waals surface area contributed by atoms with Gasteiger partial charge in [-0.25, -0.2) is 4.79 Å². The molecule has 1 N–H and O–H groups in total. The Morgan fingerprint density at radius 3 is 2.28 bits per heavy atom. The van der Waals surface area contributed by atoms with Crippen LogP contribution in [-0.4, -0.2) is 41.6 Å². The van der Waals surface area contributed by atoms with Gasteiger partial charge in [0.05, 0.1) is 0 Å². The molecule has 18 heavy (non-hydrogen) atoms. The Bertz CT molecular complexity index is 359. The standard InChI is InChI=1S/C13H22N2O3/c1-9(16)15-7-13(8-15)5-10(6-13)14-11(17)18-12(2,3)4/h10H,5-8H2,1-4H3,(H,14,17). The molecule has 1 saturated carbocycles. The van der Waals surface area contributed by atoms with Crippen molar-refractivity contribution in [2.75, 3.05) is 13.1 Å². The van der Waals surface area contributed by atoms with Crippen molar-refractivity contribution in [1.29, 1.82) is 0 Å². The topological polar surface area (TPSA) is 58.6 Å². The highest BCUT2D eigenvalue weighted by Gasteiger charge is 2.53. The fourth-order valence-electron chi connectivity index (χ4n) is 2.81. The SMILES string of the molecule is CC(=O)N1CC2(CC(NC(=O)OC(C)(C)C)C2)C1. The number of carbonyl (C=O) groups is 2. The Balaban J connectivity index is 1.68. The van der Waals surface area contributed by atoms with Gasteiger partial charge in [0.25, 0.3) is 0 Å². The van der Waals surface area contributed by atoms with Gasteiger partial charge < -0.3 is 15.0 Å². The van der Waals surface area contributed by atoms with Gasteiger partial charge in [-0.05, 0) is 33.6 Å². The Hall–Kier alpha value is -1.26. The van der Waals surface area contributed by atoms with Crippen LogP contribution in [0.2, 0.25) is 0 Å². The first-order chi connectivity index (χ1) is 8.19. The molecule has 0 aromatic rings. The number of hydrogen-bond acceptors (Lipinski definition) is 3. The Labute approximate surface area is 108 Å². The summed E-state index contributed by atoms with van der Waals surface area (Å²) in [5.41, 5.74) is -0.182. The molecule has 1 saturated heterocycles. The summed E-state index contributed by atoms with van der Waals surface area (Å²) in [4.78, 5) is 24.5. The lowest BCUT2D eigenvalue weighted by Crippen LogP contribution is -2.67. The van der Waals surface area contributed by atoms with E-state index in [1.807, 2.05) is 25.7 Å². The summed E-state index contributed by atoms with van der Waals surface area (Å²) in [5, 5.41) is 2.88. The van der Waals surface area contributed by atoms with Crippen LogP contribution in [-0.2, 0) is 9.53 Å². The summed E-state index contributed by atoms with van der Waals surface area (Å²) in [6.45, 7) is 8.84. The number of amides is 2. The lowest BCUT2D eigenvalue weighted by Gasteiger charge is -2.58. The van der Waals surface area contributed by atoms with Crippen LogP contribution < -0.4 is 5.32 Å². The average molecular weight is 254 g/mol. The summed E-state index contributed by atoms with van der Waals surface area (Å²) in [6.07, 6.45) is 1.57. The lowest BCUT2D eigenvalue weighted by molar-refractivity contribution is -0.149. The number of rotatable bonds is 1. The molecular formula is C13H22N2O3. The Morgan fingerprint density at radius 1 is 1.28 bits per heavy atom. The number of nitrogens with one attached hydrogen (secondary N) is 1. The summed E-state index contributed by atoms with van der Waals surface area (Å²) >= 11 is 0. The number of carbonyl (C=O) groups excluding carboxylic acids is 2. The van der Waals surface area contributed by atoms with Gasteiger partial charge in [0.2, 0.25) is 5.91 Å². The zero-order chi connectivity index (χ0) is 13.6. The molecular weight excluding hydrogens is 232 g/mol. The van der Waals surface area contributed by atoms with Gasteiger partial charge in [0.1, 0.15) is 5.60 Å². The van der Waals surface area contributed by atoms with E-state index < -0.39 is 5.60 Å². The maximum Gasteiger partial charge on any atom is 0.407 e. The molecule has 1 aliphatic heterocycles. The van der Waals surface area contributed by atoms with Crippen molar-refractivity contribution in [3.05, 3.63) is 0 Å². The Morgan fingerprint density at radius 2 is 1.83 bits per heavy atom.